The molecule has 1 N–H and O–H groups in total. The van der Waals surface area contributed by atoms with Crippen LogP contribution in [-0.4, -0.2) is 51.4 Å². The molecule has 5 rings (SSSR count). The van der Waals surface area contributed by atoms with Gasteiger partial charge in [0.2, 0.25) is 21.6 Å². The Morgan fingerprint density at radius 2 is 1.89 bits per heavy atom. The molecule has 3 atom stereocenters. The molecule has 2 aromatic carbocycles. The van der Waals surface area contributed by atoms with Gasteiger partial charge < -0.3 is 4.55 Å². The molecule has 3 heterocycles. The van der Waals surface area contributed by atoms with E-state index in [1.807, 2.05) is 22.8 Å². The second-order valence-electron chi connectivity index (χ2n) is 9.30. The predicted molar refractivity (Wildman–Crippen MR) is 150 cm³/mol. The van der Waals surface area contributed by atoms with Gasteiger partial charge >= 0.3 is 0 Å². The summed E-state index contributed by atoms with van der Waals surface area (Å²) in [6.07, 6.45) is 2.97. The summed E-state index contributed by atoms with van der Waals surface area (Å²) in [6.45, 7) is 2.00. The van der Waals surface area contributed by atoms with Crippen molar-refractivity contribution in [1.82, 2.24) is 9.21 Å². The van der Waals surface area contributed by atoms with Crippen molar-refractivity contribution in [3.05, 3.63) is 56.5 Å². The Bertz CT molecular complexity index is 1740. The van der Waals surface area contributed by atoms with Crippen LogP contribution in [0.3, 0.4) is 0 Å². The third kappa shape index (κ3) is 5.22. The average Bonchev–Trinajstić information content (AvgIpc) is 3.38. The zero-order valence-corrected chi connectivity index (χ0v) is 24.8. The molecule has 1 saturated heterocycles. The maximum atomic E-state index is 12.9. The molecule has 3 unspecified atom stereocenters. The summed E-state index contributed by atoms with van der Waals surface area (Å²) < 4.78 is 63.1. The molecule has 38 heavy (non-hydrogen) atoms. The van der Waals surface area contributed by atoms with Crippen LogP contribution in [0.2, 0.25) is 10.0 Å². The third-order valence-corrected chi connectivity index (χ3v) is 11.2. The number of benzene rings is 2. The minimum Gasteiger partial charge on any atom is -0.748 e. The van der Waals surface area contributed by atoms with Gasteiger partial charge in [-0.3, -0.25) is 4.79 Å². The zero-order chi connectivity index (χ0) is 27.6. The van der Waals surface area contributed by atoms with E-state index in [-0.39, 0.29) is 17.4 Å². The maximum Gasteiger partial charge on any atom is 0.298 e. The summed E-state index contributed by atoms with van der Waals surface area (Å²) in [6, 6.07) is 10.2. The lowest BCUT2D eigenvalue weighted by Crippen LogP contribution is -2.39. The van der Waals surface area contributed by atoms with E-state index in [2.05, 4.69) is 4.72 Å². The van der Waals surface area contributed by atoms with Gasteiger partial charge in [0.1, 0.15) is 4.70 Å². The second-order valence-corrected chi connectivity index (χ2v) is 15.8. The smallest absolute Gasteiger partial charge is 0.298 e. The number of hydrogen-bond acceptors (Lipinski definition) is 8. The Balaban J connectivity index is 1.61. The first-order valence-electron chi connectivity index (χ1n) is 11.4. The van der Waals surface area contributed by atoms with Crippen LogP contribution in [0.4, 0.5) is 5.69 Å². The highest BCUT2D eigenvalue weighted by Crippen LogP contribution is 2.60. The number of thiazole rings is 1. The summed E-state index contributed by atoms with van der Waals surface area (Å²) in [7, 11) is -8.19. The number of thioether (sulfide) groups is 1. The van der Waals surface area contributed by atoms with E-state index in [0.717, 1.165) is 37.1 Å². The van der Waals surface area contributed by atoms with Crippen LogP contribution in [-0.2, 0) is 31.5 Å². The summed E-state index contributed by atoms with van der Waals surface area (Å²) in [5, 5.41) is 1.50. The van der Waals surface area contributed by atoms with Crippen LogP contribution in [0, 0.1) is 0 Å². The second kappa shape index (κ2) is 9.73. The molecule has 202 valence electrons. The topological polar surface area (TPSA) is 124 Å². The molecule has 1 amide bonds. The van der Waals surface area contributed by atoms with Crippen molar-refractivity contribution in [3.8, 4) is 0 Å². The quantitative estimate of drug-likeness (QED) is 0.182. The van der Waals surface area contributed by atoms with E-state index in [9.17, 15) is 26.2 Å². The number of carbonyl (C=O) groups is 1. The van der Waals surface area contributed by atoms with Crippen LogP contribution in [0.25, 0.3) is 16.3 Å². The van der Waals surface area contributed by atoms with E-state index in [0.29, 0.717) is 16.6 Å². The first-order valence-corrected chi connectivity index (χ1v) is 17.1. The number of aryl methyl sites for hydroxylation is 1. The molecule has 0 aliphatic carbocycles. The highest BCUT2D eigenvalue weighted by Gasteiger charge is 2.68. The molecular weight excluding hydrogens is 613 g/mol. The van der Waals surface area contributed by atoms with Gasteiger partial charge in [-0.05, 0) is 43.0 Å². The van der Waals surface area contributed by atoms with Gasteiger partial charge in [0.25, 0.3) is 10.9 Å². The number of aromatic nitrogens is 1. The highest BCUT2D eigenvalue weighted by molar-refractivity contribution is 8.03. The standard InChI is InChI=1S/C23H21Cl2N3O6S4/c1-13(38(32,33)34)7-8-27-16-9-14(24)3-5-19(16)35-21(27)11-22-28(12-18(28)23(29)26-37(2,30)31)17-10-15(25)4-6-20(17)36-22/h3-6,9-11,13,18H,7-8,12H2,1-2H3/p+1. The van der Waals surface area contributed by atoms with Gasteiger partial charge in [-0.25, -0.2) is 26.0 Å². The third-order valence-electron chi connectivity index (χ3n) is 6.60. The Morgan fingerprint density at radius 3 is 2.58 bits per heavy atom. The van der Waals surface area contributed by atoms with Gasteiger partial charge in [0, 0.05) is 28.6 Å². The van der Waals surface area contributed by atoms with Gasteiger partial charge in [-0.1, -0.05) is 34.5 Å². The molecule has 0 radical (unpaired) electrons. The van der Waals surface area contributed by atoms with Crippen molar-refractivity contribution < 1.29 is 30.7 Å². The Hall–Kier alpha value is -1.71. The Kier molecular flexibility index (Phi) is 7.13. The lowest BCUT2D eigenvalue weighted by atomic mass is 10.3. The van der Waals surface area contributed by atoms with Crippen molar-refractivity contribution >= 4 is 94.3 Å². The molecule has 3 aromatic rings. The van der Waals surface area contributed by atoms with Crippen LogP contribution >= 0.6 is 46.3 Å². The lowest BCUT2D eigenvalue weighted by Gasteiger charge is -2.15. The fraction of sp³-hybridized carbons (Fsp3) is 0.304. The van der Waals surface area contributed by atoms with Crippen LogP contribution < -0.4 is 13.8 Å². The van der Waals surface area contributed by atoms with Crippen LogP contribution in [0.5, 0.6) is 0 Å². The van der Waals surface area contributed by atoms with Crippen molar-refractivity contribution in [2.24, 2.45) is 0 Å². The molecule has 0 bridgehead atoms. The lowest BCUT2D eigenvalue weighted by molar-refractivity contribution is -0.669. The number of amides is 1. The molecule has 15 heteroatoms. The van der Waals surface area contributed by atoms with Crippen molar-refractivity contribution in [3.63, 3.8) is 0 Å². The summed E-state index contributed by atoms with van der Waals surface area (Å²) >= 11 is 15.5. The summed E-state index contributed by atoms with van der Waals surface area (Å²) in [5.74, 6) is -0.600. The normalized spacial score (nSPS) is 22.7. The zero-order valence-electron chi connectivity index (χ0n) is 20.1. The summed E-state index contributed by atoms with van der Waals surface area (Å²) in [4.78, 5) is 13.8. The number of carbonyl (C=O) groups excluding carboxylic acids is 1. The molecular formula is C23H22Cl2N3O6S4+. The van der Waals surface area contributed by atoms with Crippen molar-refractivity contribution in [2.45, 2.75) is 36.1 Å². The highest BCUT2D eigenvalue weighted by atomic mass is 35.5. The summed E-state index contributed by atoms with van der Waals surface area (Å²) in [5.41, 5.74) is 1.60. The van der Waals surface area contributed by atoms with Crippen LogP contribution in [0.15, 0.2) is 46.3 Å². The van der Waals surface area contributed by atoms with Gasteiger partial charge in [-0.2, -0.15) is 4.57 Å². The minimum atomic E-state index is -4.45. The molecule has 2 aliphatic rings. The number of sulfonamides is 1. The Labute approximate surface area is 238 Å². The van der Waals surface area contributed by atoms with Gasteiger partial charge in [0.15, 0.2) is 23.8 Å². The SMILES string of the molecule is CC(CC[n+]1c(C=C2Sc3ccc(Cl)cc3[N+]23CC3C(=O)NS(C)(=O)=O)sc2ccc(Cl)cc21)S(=O)(=O)[O-]. The fourth-order valence-electron chi connectivity index (χ4n) is 4.59. The van der Waals surface area contributed by atoms with E-state index >= 15 is 0 Å². The van der Waals surface area contributed by atoms with Gasteiger partial charge in [-0.15, -0.1) is 0 Å². The largest absolute Gasteiger partial charge is 0.748 e. The number of quaternary nitrogens is 1. The van der Waals surface area contributed by atoms with E-state index in [4.69, 9.17) is 23.2 Å². The first-order chi connectivity index (χ1) is 17.7. The van der Waals surface area contributed by atoms with E-state index in [1.165, 1.54) is 30.0 Å². The first kappa shape index (κ1) is 27.8. The number of fused-ring (bicyclic) bond motifs is 3. The van der Waals surface area contributed by atoms with Crippen molar-refractivity contribution in [2.75, 3.05) is 12.8 Å². The molecule has 9 nitrogen and oxygen atoms in total. The fourth-order valence-corrected chi connectivity index (χ4v) is 8.32. The number of nitrogens with zero attached hydrogens (tertiary/aromatic N) is 2. The monoisotopic (exact) mass is 634 g/mol. The molecule has 0 saturated carbocycles. The number of hydrogen-bond donors (Lipinski definition) is 1. The van der Waals surface area contributed by atoms with Gasteiger partial charge in [0.05, 0.1) is 32.6 Å². The Morgan fingerprint density at radius 1 is 1.21 bits per heavy atom. The minimum absolute atomic E-state index is 0.105. The van der Waals surface area contributed by atoms with Crippen molar-refractivity contribution in [1.29, 1.82) is 0 Å². The van der Waals surface area contributed by atoms with E-state index < -0.39 is 37.3 Å². The van der Waals surface area contributed by atoms with E-state index in [1.54, 1.807) is 24.3 Å². The average molecular weight is 636 g/mol. The molecule has 1 fully saturated rings. The number of rotatable bonds is 7. The molecule has 1 aromatic heterocycles. The maximum absolute atomic E-state index is 12.9. The van der Waals surface area contributed by atoms with Crippen LogP contribution in [0.1, 0.15) is 18.4 Å². The predicted octanol–water partition coefficient (Wildman–Crippen LogP) is 3.69. The molecule has 2 aliphatic heterocycles. The number of nitrogens with one attached hydrogen (secondary N) is 1. The number of halogens is 2. The molecule has 1 spiro atoms.